The number of anilines is 2. The van der Waals surface area contributed by atoms with Gasteiger partial charge in [0, 0.05) is 18.8 Å². The van der Waals surface area contributed by atoms with Crippen molar-refractivity contribution in [3.63, 3.8) is 0 Å². The molecule has 2 aromatic rings. The molecule has 0 aliphatic heterocycles. The van der Waals surface area contributed by atoms with E-state index in [1.54, 1.807) is 26.1 Å². The van der Waals surface area contributed by atoms with Crippen LogP contribution in [-0.4, -0.2) is 22.3 Å². The number of hydrogen-bond acceptors (Lipinski definition) is 4. The number of aryl methyl sites for hydroxylation is 2. The summed E-state index contributed by atoms with van der Waals surface area (Å²) in [5.41, 5.74) is 7.90. The average Bonchev–Trinajstić information content (AvgIpc) is 2.64. The molecule has 0 spiro atoms. The molecule has 6 heteroatoms. The van der Waals surface area contributed by atoms with Crippen molar-refractivity contribution in [1.29, 1.82) is 0 Å². The number of carbonyl (C=O) groups excluding carboxylic acids is 1. The van der Waals surface area contributed by atoms with Gasteiger partial charge in [-0.25, -0.2) is 0 Å². The van der Waals surface area contributed by atoms with Gasteiger partial charge in [0.2, 0.25) is 0 Å². The Balaban J connectivity index is 2.21. The lowest BCUT2D eigenvalue weighted by Gasteiger charge is -2.08. The zero-order chi connectivity index (χ0) is 14.7. The Labute approximate surface area is 117 Å². The zero-order valence-corrected chi connectivity index (χ0v) is 11.8. The van der Waals surface area contributed by atoms with Crippen LogP contribution in [-0.2, 0) is 7.05 Å². The van der Waals surface area contributed by atoms with Gasteiger partial charge in [-0.3, -0.25) is 9.48 Å². The maximum absolute atomic E-state index is 12.2. The van der Waals surface area contributed by atoms with Gasteiger partial charge >= 0.3 is 0 Å². The predicted molar refractivity (Wildman–Crippen MR) is 77.9 cm³/mol. The van der Waals surface area contributed by atoms with E-state index in [-0.39, 0.29) is 5.91 Å². The van der Waals surface area contributed by atoms with E-state index in [9.17, 15) is 4.79 Å². The number of carbonyl (C=O) groups is 1. The highest BCUT2D eigenvalue weighted by atomic mass is 16.5. The van der Waals surface area contributed by atoms with E-state index >= 15 is 0 Å². The molecule has 0 fully saturated rings. The van der Waals surface area contributed by atoms with Crippen molar-refractivity contribution in [1.82, 2.24) is 9.78 Å². The van der Waals surface area contributed by atoms with Crippen LogP contribution in [0.15, 0.2) is 24.3 Å². The van der Waals surface area contributed by atoms with Crippen molar-refractivity contribution >= 4 is 17.3 Å². The number of amides is 1. The standard InChI is InChI=1S/C14H18N4O2/c1-4-20-11-7-5-6-10(8-11)16-14(19)13-12(15)9(2)17-18(13)3/h5-8H,4,15H2,1-3H3,(H,16,19). The molecule has 0 radical (unpaired) electrons. The van der Waals surface area contributed by atoms with Crippen molar-refractivity contribution in [3.05, 3.63) is 35.7 Å². The Morgan fingerprint density at radius 3 is 2.85 bits per heavy atom. The van der Waals surface area contributed by atoms with Crippen LogP contribution in [0.1, 0.15) is 23.1 Å². The van der Waals surface area contributed by atoms with E-state index in [1.807, 2.05) is 19.1 Å². The van der Waals surface area contributed by atoms with Gasteiger partial charge in [0.15, 0.2) is 0 Å². The van der Waals surface area contributed by atoms with Crippen molar-refractivity contribution in [2.24, 2.45) is 7.05 Å². The lowest BCUT2D eigenvalue weighted by atomic mass is 10.2. The van der Waals surface area contributed by atoms with Crippen LogP contribution in [0.5, 0.6) is 5.75 Å². The highest BCUT2D eigenvalue weighted by Gasteiger charge is 2.18. The second-order valence-corrected chi connectivity index (χ2v) is 4.39. The SMILES string of the molecule is CCOc1cccc(NC(=O)c2c(N)c(C)nn2C)c1. The van der Waals surface area contributed by atoms with Gasteiger partial charge in [-0.15, -0.1) is 0 Å². The molecule has 0 unspecified atom stereocenters. The van der Waals surface area contributed by atoms with E-state index in [0.29, 0.717) is 35.1 Å². The summed E-state index contributed by atoms with van der Waals surface area (Å²) in [6.07, 6.45) is 0. The summed E-state index contributed by atoms with van der Waals surface area (Å²) < 4.78 is 6.87. The summed E-state index contributed by atoms with van der Waals surface area (Å²) >= 11 is 0. The molecule has 2 rings (SSSR count). The molecule has 0 aliphatic carbocycles. The number of rotatable bonds is 4. The maximum Gasteiger partial charge on any atom is 0.276 e. The van der Waals surface area contributed by atoms with E-state index in [1.165, 1.54) is 4.68 Å². The summed E-state index contributed by atoms with van der Waals surface area (Å²) in [7, 11) is 1.69. The molecular formula is C14H18N4O2. The normalized spacial score (nSPS) is 10.3. The fraction of sp³-hybridized carbons (Fsp3) is 0.286. The van der Waals surface area contributed by atoms with Crippen LogP contribution in [0.4, 0.5) is 11.4 Å². The van der Waals surface area contributed by atoms with E-state index in [2.05, 4.69) is 10.4 Å². The minimum Gasteiger partial charge on any atom is -0.494 e. The summed E-state index contributed by atoms with van der Waals surface area (Å²) in [6, 6.07) is 7.21. The number of hydrogen-bond donors (Lipinski definition) is 2. The van der Waals surface area contributed by atoms with Gasteiger partial charge in [-0.2, -0.15) is 5.10 Å². The molecule has 6 nitrogen and oxygen atoms in total. The van der Waals surface area contributed by atoms with Crippen LogP contribution in [0, 0.1) is 6.92 Å². The number of aromatic nitrogens is 2. The van der Waals surface area contributed by atoms with Gasteiger partial charge in [0.05, 0.1) is 18.0 Å². The molecule has 1 amide bonds. The van der Waals surface area contributed by atoms with Crippen LogP contribution in [0.3, 0.4) is 0 Å². The minimum absolute atomic E-state index is 0.292. The summed E-state index contributed by atoms with van der Waals surface area (Å²) in [5.74, 6) is 0.415. The Bertz CT molecular complexity index is 634. The molecule has 3 N–H and O–H groups in total. The van der Waals surface area contributed by atoms with E-state index in [0.717, 1.165) is 0 Å². The lowest BCUT2D eigenvalue weighted by molar-refractivity contribution is 0.101. The largest absolute Gasteiger partial charge is 0.494 e. The number of nitrogens with two attached hydrogens (primary N) is 1. The summed E-state index contributed by atoms with van der Waals surface area (Å²) in [4.78, 5) is 12.2. The van der Waals surface area contributed by atoms with Crippen LogP contribution in [0.2, 0.25) is 0 Å². The molecule has 0 bridgehead atoms. The first-order valence-electron chi connectivity index (χ1n) is 6.36. The first-order valence-corrected chi connectivity index (χ1v) is 6.36. The van der Waals surface area contributed by atoms with Crippen molar-refractivity contribution in [2.75, 3.05) is 17.7 Å². The number of nitrogen functional groups attached to an aromatic ring is 1. The number of nitrogens with zero attached hydrogens (tertiary/aromatic N) is 2. The van der Waals surface area contributed by atoms with Crippen molar-refractivity contribution < 1.29 is 9.53 Å². The third-order valence-corrected chi connectivity index (χ3v) is 2.89. The third-order valence-electron chi connectivity index (χ3n) is 2.89. The molecule has 106 valence electrons. The molecule has 1 heterocycles. The van der Waals surface area contributed by atoms with Crippen LogP contribution >= 0.6 is 0 Å². The van der Waals surface area contributed by atoms with E-state index in [4.69, 9.17) is 10.5 Å². The minimum atomic E-state index is -0.292. The Hall–Kier alpha value is -2.50. The molecule has 0 atom stereocenters. The van der Waals surface area contributed by atoms with Gasteiger partial charge in [-0.1, -0.05) is 6.07 Å². The molecule has 0 saturated heterocycles. The molecule has 0 aliphatic rings. The van der Waals surface area contributed by atoms with E-state index < -0.39 is 0 Å². The van der Waals surface area contributed by atoms with Gasteiger partial charge < -0.3 is 15.8 Å². The number of nitrogens with one attached hydrogen (secondary N) is 1. The molecule has 1 aromatic heterocycles. The quantitative estimate of drug-likeness (QED) is 0.893. The molecule has 20 heavy (non-hydrogen) atoms. The zero-order valence-electron chi connectivity index (χ0n) is 11.8. The summed E-state index contributed by atoms with van der Waals surface area (Å²) in [5, 5.41) is 6.92. The topological polar surface area (TPSA) is 82.2 Å². The Kier molecular flexibility index (Phi) is 3.93. The van der Waals surface area contributed by atoms with Crippen molar-refractivity contribution in [2.45, 2.75) is 13.8 Å². The van der Waals surface area contributed by atoms with Gasteiger partial charge in [0.25, 0.3) is 5.91 Å². The third kappa shape index (κ3) is 2.74. The molecular weight excluding hydrogens is 256 g/mol. The second-order valence-electron chi connectivity index (χ2n) is 4.39. The fourth-order valence-electron chi connectivity index (χ4n) is 1.96. The smallest absolute Gasteiger partial charge is 0.276 e. The maximum atomic E-state index is 12.2. The van der Waals surface area contributed by atoms with Crippen LogP contribution < -0.4 is 15.8 Å². The Morgan fingerprint density at radius 1 is 1.50 bits per heavy atom. The molecule has 0 saturated carbocycles. The highest BCUT2D eigenvalue weighted by Crippen LogP contribution is 2.20. The van der Waals surface area contributed by atoms with Crippen LogP contribution in [0.25, 0.3) is 0 Å². The van der Waals surface area contributed by atoms with Crippen molar-refractivity contribution in [3.8, 4) is 5.75 Å². The van der Waals surface area contributed by atoms with Gasteiger partial charge in [0.1, 0.15) is 11.4 Å². The first-order chi connectivity index (χ1) is 9.52. The van der Waals surface area contributed by atoms with Gasteiger partial charge in [-0.05, 0) is 26.0 Å². The number of benzene rings is 1. The number of ether oxygens (including phenoxy) is 1. The fourth-order valence-corrected chi connectivity index (χ4v) is 1.96. The molecule has 1 aromatic carbocycles. The Morgan fingerprint density at radius 2 is 2.25 bits per heavy atom. The monoisotopic (exact) mass is 274 g/mol. The average molecular weight is 274 g/mol. The predicted octanol–water partition coefficient (Wildman–Crippen LogP) is 1.96. The lowest BCUT2D eigenvalue weighted by Crippen LogP contribution is -2.17. The summed E-state index contributed by atoms with van der Waals surface area (Å²) in [6.45, 7) is 4.25. The second kappa shape index (κ2) is 5.64. The highest BCUT2D eigenvalue weighted by molar-refractivity contribution is 6.06. The first kappa shape index (κ1) is 13.9.